The number of rotatable bonds is 4. The zero-order valence-electron chi connectivity index (χ0n) is 11.2. The van der Waals surface area contributed by atoms with Gasteiger partial charge in [-0.2, -0.15) is 0 Å². The Morgan fingerprint density at radius 3 is 2.75 bits per heavy atom. The first-order valence-corrected chi connectivity index (χ1v) is 7.03. The van der Waals surface area contributed by atoms with Crippen LogP contribution >= 0.6 is 15.9 Å². The van der Waals surface area contributed by atoms with Crippen molar-refractivity contribution in [2.75, 3.05) is 0 Å². The lowest BCUT2D eigenvalue weighted by molar-refractivity contribution is -0.385. The van der Waals surface area contributed by atoms with Crippen LogP contribution in [0, 0.1) is 17.0 Å². The number of nitrogens with zero attached hydrogens (tertiary/aromatic N) is 1. The van der Waals surface area contributed by atoms with E-state index < -0.39 is 4.92 Å². The fourth-order valence-electron chi connectivity index (χ4n) is 1.94. The lowest BCUT2D eigenvalue weighted by Crippen LogP contribution is -2.06. The maximum absolute atomic E-state index is 11.0. The van der Waals surface area contributed by atoms with E-state index in [1.54, 1.807) is 19.1 Å². The summed E-state index contributed by atoms with van der Waals surface area (Å²) < 4.78 is 6.46. The number of halogens is 1. The summed E-state index contributed by atoms with van der Waals surface area (Å²) in [5.41, 5.74) is 7.23. The molecule has 5 nitrogen and oxygen atoms in total. The minimum absolute atomic E-state index is 0.0703. The molecular formula is C14H15BrN2O3. The quantitative estimate of drug-likeness (QED) is 0.664. The van der Waals surface area contributed by atoms with Crippen LogP contribution in [0.5, 0.6) is 0 Å². The van der Waals surface area contributed by atoms with Crippen molar-refractivity contribution in [2.24, 2.45) is 5.73 Å². The second kappa shape index (κ2) is 5.76. The summed E-state index contributed by atoms with van der Waals surface area (Å²) in [6.45, 7) is 3.67. The predicted molar refractivity (Wildman–Crippen MR) is 80.5 cm³/mol. The third-order valence-electron chi connectivity index (χ3n) is 3.18. The molecule has 2 N–H and O–H groups in total. The van der Waals surface area contributed by atoms with Crippen molar-refractivity contribution >= 4 is 21.6 Å². The highest BCUT2D eigenvalue weighted by Crippen LogP contribution is 2.35. The van der Waals surface area contributed by atoms with E-state index in [1.165, 1.54) is 6.07 Å². The number of nitrogens with two attached hydrogens (primary N) is 1. The molecule has 1 heterocycles. The molecule has 0 saturated carbocycles. The first kappa shape index (κ1) is 14.7. The summed E-state index contributed by atoms with van der Waals surface area (Å²) in [6, 6.07) is 6.66. The van der Waals surface area contributed by atoms with Crippen molar-refractivity contribution in [3.05, 3.63) is 50.2 Å². The Balaban J connectivity index is 2.49. The minimum Gasteiger partial charge on any atom is -0.459 e. The third-order valence-corrected chi connectivity index (χ3v) is 3.84. The van der Waals surface area contributed by atoms with E-state index >= 15 is 0 Å². The summed E-state index contributed by atoms with van der Waals surface area (Å²) in [4.78, 5) is 10.6. The molecule has 0 amide bonds. The van der Waals surface area contributed by atoms with Gasteiger partial charge in [0.05, 0.1) is 11.0 Å². The van der Waals surface area contributed by atoms with E-state index in [0.29, 0.717) is 22.6 Å². The van der Waals surface area contributed by atoms with Crippen molar-refractivity contribution in [3.8, 4) is 11.3 Å². The van der Waals surface area contributed by atoms with Gasteiger partial charge < -0.3 is 10.2 Å². The molecule has 0 spiro atoms. The summed E-state index contributed by atoms with van der Waals surface area (Å²) in [6.07, 6.45) is 0.766. The Morgan fingerprint density at radius 2 is 2.15 bits per heavy atom. The van der Waals surface area contributed by atoms with Gasteiger partial charge in [0.1, 0.15) is 11.5 Å². The third kappa shape index (κ3) is 2.76. The molecule has 0 fully saturated rings. The number of nitro benzene ring substituents is 1. The molecule has 0 aliphatic heterocycles. The Hall–Kier alpha value is -1.66. The van der Waals surface area contributed by atoms with Crippen molar-refractivity contribution in [1.29, 1.82) is 0 Å². The van der Waals surface area contributed by atoms with Crippen LogP contribution in [0.15, 0.2) is 33.2 Å². The van der Waals surface area contributed by atoms with Gasteiger partial charge in [0.15, 0.2) is 0 Å². The van der Waals surface area contributed by atoms with E-state index in [9.17, 15) is 10.1 Å². The number of nitro groups is 1. The number of benzene rings is 1. The van der Waals surface area contributed by atoms with Crippen molar-refractivity contribution in [1.82, 2.24) is 0 Å². The van der Waals surface area contributed by atoms with Crippen LogP contribution in [0.3, 0.4) is 0 Å². The molecule has 0 aliphatic carbocycles. The highest BCUT2D eigenvalue weighted by Gasteiger charge is 2.18. The molecule has 2 rings (SSSR count). The number of aryl methyl sites for hydroxylation is 1. The highest BCUT2D eigenvalue weighted by atomic mass is 79.9. The van der Waals surface area contributed by atoms with E-state index in [-0.39, 0.29) is 11.7 Å². The molecule has 0 saturated heterocycles. The first-order chi connectivity index (χ1) is 9.43. The normalized spacial score (nSPS) is 12.4. The smallest absolute Gasteiger partial charge is 0.273 e. The highest BCUT2D eigenvalue weighted by molar-refractivity contribution is 9.10. The second-order valence-electron chi connectivity index (χ2n) is 4.59. The largest absolute Gasteiger partial charge is 0.459 e. The van der Waals surface area contributed by atoms with E-state index in [4.69, 9.17) is 10.2 Å². The van der Waals surface area contributed by atoms with Crippen molar-refractivity contribution in [2.45, 2.75) is 26.3 Å². The van der Waals surface area contributed by atoms with Crippen LogP contribution in [0.2, 0.25) is 0 Å². The summed E-state index contributed by atoms with van der Waals surface area (Å²) >= 11 is 3.42. The Bertz CT molecular complexity index is 652. The number of hydrogen-bond acceptors (Lipinski definition) is 4. The first-order valence-electron chi connectivity index (χ1n) is 6.24. The predicted octanol–water partition coefficient (Wildman–Crippen LogP) is 4.34. The number of hydrogen-bond donors (Lipinski definition) is 1. The van der Waals surface area contributed by atoms with Gasteiger partial charge >= 0.3 is 0 Å². The molecule has 0 aliphatic rings. The topological polar surface area (TPSA) is 82.3 Å². The Morgan fingerprint density at radius 1 is 1.45 bits per heavy atom. The second-order valence-corrected chi connectivity index (χ2v) is 5.45. The lowest BCUT2D eigenvalue weighted by Gasteiger charge is -2.06. The molecular weight excluding hydrogens is 324 g/mol. The molecule has 0 radical (unpaired) electrons. The Kier molecular flexibility index (Phi) is 4.25. The SMILES string of the molecule is CCC(N)c1ccc(-c2cc([N+](=O)[O-])c(C)cc2Br)o1. The van der Waals surface area contributed by atoms with Crippen LogP contribution < -0.4 is 5.73 Å². The fraction of sp³-hybridized carbons (Fsp3) is 0.286. The Labute approximate surface area is 125 Å². The minimum atomic E-state index is -0.396. The van der Waals surface area contributed by atoms with Gasteiger partial charge in [-0.1, -0.05) is 22.9 Å². The lowest BCUT2D eigenvalue weighted by atomic mass is 10.1. The molecule has 2 aromatic rings. The van der Waals surface area contributed by atoms with Crippen LogP contribution in [-0.2, 0) is 0 Å². The van der Waals surface area contributed by atoms with E-state index in [0.717, 1.165) is 10.9 Å². The molecule has 1 unspecified atom stereocenters. The maximum atomic E-state index is 11.0. The molecule has 106 valence electrons. The van der Waals surface area contributed by atoms with Gasteiger partial charge in [-0.15, -0.1) is 0 Å². The van der Waals surface area contributed by atoms with Crippen LogP contribution in [0.4, 0.5) is 5.69 Å². The van der Waals surface area contributed by atoms with Crippen LogP contribution in [-0.4, -0.2) is 4.92 Å². The summed E-state index contributed by atoms with van der Waals surface area (Å²) in [5, 5.41) is 11.0. The fourth-order valence-corrected chi connectivity index (χ4v) is 2.60. The zero-order chi connectivity index (χ0) is 14.9. The molecule has 0 bridgehead atoms. The van der Waals surface area contributed by atoms with Crippen LogP contribution in [0.25, 0.3) is 11.3 Å². The average molecular weight is 339 g/mol. The maximum Gasteiger partial charge on any atom is 0.273 e. The van der Waals surface area contributed by atoms with Gasteiger partial charge in [-0.05, 0) is 31.5 Å². The van der Waals surface area contributed by atoms with Gasteiger partial charge in [-0.25, -0.2) is 0 Å². The van der Waals surface area contributed by atoms with Crippen molar-refractivity contribution < 1.29 is 9.34 Å². The molecule has 1 aromatic heterocycles. The van der Waals surface area contributed by atoms with Crippen LogP contribution in [0.1, 0.15) is 30.7 Å². The summed E-state index contributed by atoms with van der Waals surface area (Å²) in [7, 11) is 0. The van der Waals surface area contributed by atoms with Gasteiger partial charge in [0.25, 0.3) is 5.69 Å². The van der Waals surface area contributed by atoms with E-state index in [1.807, 2.05) is 13.0 Å². The van der Waals surface area contributed by atoms with Gasteiger partial charge in [-0.3, -0.25) is 10.1 Å². The molecule has 20 heavy (non-hydrogen) atoms. The summed E-state index contributed by atoms with van der Waals surface area (Å²) in [5.74, 6) is 1.25. The standard InChI is InChI=1S/C14H15BrN2O3/c1-3-11(16)14-5-4-13(20-14)9-7-12(17(18)19)8(2)6-10(9)15/h4-7,11H,3,16H2,1-2H3. The van der Waals surface area contributed by atoms with Gasteiger partial charge in [0, 0.05) is 21.7 Å². The molecule has 6 heteroatoms. The van der Waals surface area contributed by atoms with E-state index in [2.05, 4.69) is 15.9 Å². The average Bonchev–Trinajstić information content (AvgIpc) is 2.86. The molecule has 1 atom stereocenters. The number of furan rings is 1. The zero-order valence-corrected chi connectivity index (χ0v) is 12.8. The van der Waals surface area contributed by atoms with Crippen molar-refractivity contribution in [3.63, 3.8) is 0 Å². The monoisotopic (exact) mass is 338 g/mol. The van der Waals surface area contributed by atoms with Gasteiger partial charge in [0.2, 0.25) is 0 Å². The molecule has 1 aromatic carbocycles.